The zero-order valence-corrected chi connectivity index (χ0v) is 20.5. The summed E-state index contributed by atoms with van der Waals surface area (Å²) in [5, 5.41) is 16.0. The highest BCUT2D eigenvalue weighted by Gasteiger charge is 2.39. The molecule has 2 N–H and O–H groups in total. The van der Waals surface area contributed by atoms with Crippen LogP contribution in [0.15, 0.2) is 18.5 Å². The second-order valence-electron chi connectivity index (χ2n) is 9.00. The van der Waals surface area contributed by atoms with Crippen LogP contribution in [0.3, 0.4) is 0 Å². The molecule has 14 heteroatoms. The van der Waals surface area contributed by atoms with Crippen LogP contribution in [0.5, 0.6) is 0 Å². The van der Waals surface area contributed by atoms with Gasteiger partial charge in [0.2, 0.25) is 0 Å². The summed E-state index contributed by atoms with van der Waals surface area (Å²) in [6.07, 6.45) is 0.797. The molecule has 0 bridgehead atoms. The normalized spacial score (nSPS) is 19.9. The molecular weight excluding hydrogens is 483 g/mol. The number of nitrogens with zero attached hydrogens (tertiary/aromatic N) is 6. The van der Waals surface area contributed by atoms with Gasteiger partial charge in [0, 0.05) is 32.3 Å². The second-order valence-corrected chi connectivity index (χ2v) is 9.00. The fraction of sp³-hybridized carbons (Fsp3) is 0.591. The number of carboxylic acid groups (broad SMARTS) is 1. The molecule has 0 aromatic carbocycles. The molecule has 198 valence electrons. The Bertz CT molecular complexity index is 1190. The second kappa shape index (κ2) is 11.1. The molecule has 3 heterocycles. The number of carbonyl (C=O) groups is 2. The molecule has 3 aromatic rings. The van der Waals surface area contributed by atoms with Gasteiger partial charge >= 0.3 is 18.2 Å². The zero-order valence-electron chi connectivity index (χ0n) is 20.5. The van der Waals surface area contributed by atoms with Gasteiger partial charge in [-0.3, -0.25) is 4.40 Å². The van der Waals surface area contributed by atoms with Crippen LogP contribution in [0, 0.1) is 5.92 Å². The van der Waals surface area contributed by atoms with E-state index in [9.17, 15) is 18.0 Å². The zero-order chi connectivity index (χ0) is 26.6. The summed E-state index contributed by atoms with van der Waals surface area (Å²) in [5.41, 5.74) is 2.53. The van der Waals surface area contributed by atoms with Gasteiger partial charge in [-0.15, -0.1) is 10.2 Å². The van der Waals surface area contributed by atoms with Gasteiger partial charge in [-0.1, -0.05) is 13.3 Å². The molecule has 1 fully saturated rings. The lowest BCUT2D eigenvalue weighted by Crippen LogP contribution is -2.35. The van der Waals surface area contributed by atoms with E-state index in [1.54, 1.807) is 18.1 Å². The van der Waals surface area contributed by atoms with E-state index in [4.69, 9.17) is 14.6 Å². The summed E-state index contributed by atoms with van der Waals surface area (Å²) in [7, 11) is 5.77. The molecule has 1 unspecified atom stereocenters. The molecule has 1 aliphatic carbocycles. The smallest absolute Gasteiger partial charge is 0.475 e. The van der Waals surface area contributed by atoms with Gasteiger partial charge in [-0.2, -0.15) is 13.2 Å². The number of carboxylic acids is 1. The minimum absolute atomic E-state index is 0.102. The monoisotopic (exact) mass is 513 g/mol. The molecule has 1 saturated carbocycles. The van der Waals surface area contributed by atoms with Crippen LogP contribution in [-0.2, 0) is 9.53 Å². The van der Waals surface area contributed by atoms with Crippen LogP contribution in [0.4, 0.5) is 18.0 Å². The van der Waals surface area contributed by atoms with Crippen molar-refractivity contribution < 1.29 is 32.6 Å². The summed E-state index contributed by atoms with van der Waals surface area (Å²) < 4.78 is 39.7. The van der Waals surface area contributed by atoms with Crippen molar-refractivity contribution in [2.45, 2.75) is 44.4 Å². The van der Waals surface area contributed by atoms with Crippen molar-refractivity contribution >= 4 is 28.9 Å². The predicted octanol–water partition coefficient (Wildman–Crippen LogP) is 3.14. The third-order valence-corrected chi connectivity index (χ3v) is 6.18. The van der Waals surface area contributed by atoms with Crippen LogP contribution in [0.25, 0.3) is 16.8 Å². The van der Waals surface area contributed by atoms with Crippen molar-refractivity contribution in [3.8, 4) is 0 Å². The lowest BCUT2D eigenvalue weighted by atomic mass is 9.93. The molecule has 3 aromatic heterocycles. The molecule has 4 rings (SSSR count). The van der Waals surface area contributed by atoms with Crippen molar-refractivity contribution in [3.63, 3.8) is 0 Å². The van der Waals surface area contributed by atoms with Crippen molar-refractivity contribution in [1.82, 2.24) is 34.4 Å². The summed E-state index contributed by atoms with van der Waals surface area (Å²) in [4.78, 5) is 32.6. The number of rotatable bonds is 6. The number of ether oxygens (including phenoxy) is 1. The van der Waals surface area contributed by atoms with Gasteiger partial charge in [-0.05, 0) is 38.9 Å². The summed E-state index contributed by atoms with van der Waals surface area (Å²) in [6.45, 7) is 3.64. The number of H-pyrrole nitrogens is 1. The number of halogens is 3. The molecule has 1 aliphatic rings. The summed E-state index contributed by atoms with van der Waals surface area (Å²) >= 11 is 0. The molecule has 0 spiro atoms. The van der Waals surface area contributed by atoms with Gasteiger partial charge in [0.25, 0.3) is 0 Å². The summed E-state index contributed by atoms with van der Waals surface area (Å²) in [6, 6.07) is 2.00. The number of amides is 1. The average molecular weight is 514 g/mol. The first-order chi connectivity index (χ1) is 16.9. The number of likely N-dealkylation sites (N-methyl/N-ethyl adjacent to an activating group) is 2. The molecule has 0 saturated heterocycles. The van der Waals surface area contributed by atoms with Crippen LogP contribution in [-0.4, -0.2) is 98.0 Å². The largest absolute Gasteiger partial charge is 0.490 e. The van der Waals surface area contributed by atoms with Gasteiger partial charge in [0.1, 0.15) is 11.9 Å². The van der Waals surface area contributed by atoms with E-state index in [0.717, 1.165) is 48.4 Å². The first-order valence-electron chi connectivity index (χ1n) is 11.5. The molecule has 0 radical (unpaired) electrons. The van der Waals surface area contributed by atoms with E-state index >= 15 is 0 Å². The SMILES string of the molecule is CC[C@@H]1C[C@H](OC(=O)N(C)CCN(C)C)CC1c1nnc2cnc3[nH]ccc3n12.O=C(O)C(F)(F)F. The number of nitrogens with one attached hydrogen (secondary N) is 1. The van der Waals surface area contributed by atoms with E-state index in [1.165, 1.54) is 0 Å². The Morgan fingerprint density at radius 3 is 2.53 bits per heavy atom. The van der Waals surface area contributed by atoms with Crippen LogP contribution < -0.4 is 0 Å². The number of aliphatic carboxylic acids is 1. The minimum atomic E-state index is -5.08. The molecule has 0 aliphatic heterocycles. The van der Waals surface area contributed by atoms with Gasteiger partial charge in [-0.25, -0.2) is 14.6 Å². The van der Waals surface area contributed by atoms with Gasteiger partial charge < -0.3 is 24.6 Å². The lowest BCUT2D eigenvalue weighted by molar-refractivity contribution is -0.192. The molecule has 11 nitrogen and oxygen atoms in total. The number of hydrogen-bond acceptors (Lipinski definition) is 7. The molecule has 1 amide bonds. The topological polar surface area (TPSA) is 129 Å². The minimum Gasteiger partial charge on any atom is -0.475 e. The highest BCUT2D eigenvalue weighted by Crippen LogP contribution is 2.42. The van der Waals surface area contributed by atoms with Gasteiger partial charge in [0.05, 0.1) is 11.7 Å². The number of aromatic amines is 1. The fourth-order valence-electron chi connectivity index (χ4n) is 4.25. The summed E-state index contributed by atoms with van der Waals surface area (Å²) in [5.74, 6) is -1.24. The van der Waals surface area contributed by atoms with Gasteiger partial charge in [0.15, 0.2) is 11.3 Å². The van der Waals surface area contributed by atoms with Crippen molar-refractivity contribution in [2.24, 2.45) is 5.92 Å². The quantitative estimate of drug-likeness (QED) is 0.514. The maximum Gasteiger partial charge on any atom is 0.490 e. The highest BCUT2D eigenvalue weighted by atomic mass is 19.4. The van der Waals surface area contributed by atoms with E-state index in [1.807, 2.05) is 26.4 Å². The average Bonchev–Trinajstić information content (AvgIpc) is 3.53. The van der Waals surface area contributed by atoms with Crippen LogP contribution in [0.1, 0.15) is 37.9 Å². The first-order valence-corrected chi connectivity index (χ1v) is 11.5. The lowest BCUT2D eigenvalue weighted by Gasteiger charge is -2.21. The Morgan fingerprint density at radius 1 is 1.22 bits per heavy atom. The number of alkyl halides is 3. The first kappa shape index (κ1) is 27.2. The molecular formula is C22H30F3N7O4. The number of aromatic nitrogens is 5. The van der Waals surface area contributed by atoms with Crippen molar-refractivity contribution in [1.29, 1.82) is 0 Å². The van der Waals surface area contributed by atoms with E-state index in [2.05, 4.69) is 36.4 Å². The van der Waals surface area contributed by atoms with E-state index in [-0.39, 0.29) is 18.1 Å². The Hall–Kier alpha value is -3.42. The Labute approximate surface area is 205 Å². The maximum atomic E-state index is 12.5. The maximum absolute atomic E-state index is 12.5. The van der Waals surface area contributed by atoms with Crippen LogP contribution in [0.2, 0.25) is 0 Å². The predicted molar refractivity (Wildman–Crippen MR) is 124 cm³/mol. The third kappa shape index (κ3) is 6.22. The Kier molecular flexibility index (Phi) is 8.38. The van der Waals surface area contributed by atoms with Crippen molar-refractivity contribution in [3.05, 3.63) is 24.3 Å². The number of fused-ring (bicyclic) bond motifs is 3. The number of hydrogen-bond donors (Lipinski definition) is 2. The van der Waals surface area contributed by atoms with Crippen LogP contribution >= 0.6 is 0 Å². The third-order valence-electron chi connectivity index (χ3n) is 6.18. The molecule has 3 atom stereocenters. The number of carbonyl (C=O) groups excluding carboxylic acids is 1. The highest BCUT2D eigenvalue weighted by molar-refractivity contribution is 5.74. The van der Waals surface area contributed by atoms with Crippen molar-refractivity contribution in [2.75, 3.05) is 34.2 Å². The fourth-order valence-corrected chi connectivity index (χ4v) is 4.25. The standard InChI is InChI=1S/C20H29N7O2.C2HF3O2/c1-5-13-10-14(29-20(28)26(4)9-8-25(2)3)11-15(13)19-24-23-17-12-22-18-16(27(17)19)6-7-21-18;3-2(4,5)1(6)7/h6-7,12-15,21H,5,8-11H2,1-4H3;(H,6,7)/t13-,14+,15?;/m1./s1. The molecule has 36 heavy (non-hydrogen) atoms. The Balaban J connectivity index is 0.000000454. The Morgan fingerprint density at radius 2 is 1.92 bits per heavy atom. The van der Waals surface area contributed by atoms with E-state index < -0.39 is 12.1 Å². The van der Waals surface area contributed by atoms with E-state index in [0.29, 0.717) is 12.5 Å².